The van der Waals surface area contributed by atoms with E-state index >= 15 is 0 Å². The lowest BCUT2D eigenvalue weighted by Gasteiger charge is -2.23. The van der Waals surface area contributed by atoms with Crippen LogP contribution in [-0.2, 0) is 9.53 Å². The highest BCUT2D eigenvalue weighted by Crippen LogP contribution is 2.05. The Hall–Kier alpha value is -0.610. The first kappa shape index (κ1) is 16.4. The van der Waals surface area contributed by atoms with Crippen molar-refractivity contribution >= 4 is 5.91 Å². The van der Waals surface area contributed by atoms with E-state index in [1.165, 1.54) is 0 Å². The van der Waals surface area contributed by atoms with Crippen LogP contribution in [0.25, 0.3) is 0 Å². The zero-order valence-corrected chi connectivity index (χ0v) is 12.2. The first-order valence-electron chi connectivity index (χ1n) is 6.37. The fourth-order valence-corrected chi connectivity index (χ4v) is 1.24. The van der Waals surface area contributed by atoms with Gasteiger partial charge in [-0.3, -0.25) is 4.79 Å². The summed E-state index contributed by atoms with van der Waals surface area (Å²) in [7, 11) is 2.08. The average molecular weight is 244 g/mol. The van der Waals surface area contributed by atoms with Gasteiger partial charge in [-0.25, -0.2) is 0 Å². The number of likely N-dealkylation sites (N-methyl/N-ethyl adjacent to an activating group) is 1. The topological polar surface area (TPSA) is 41.6 Å². The summed E-state index contributed by atoms with van der Waals surface area (Å²) in [4.78, 5) is 13.7. The van der Waals surface area contributed by atoms with Gasteiger partial charge >= 0.3 is 0 Å². The fraction of sp³-hybridized carbons (Fsp3) is 0.923. The molecule has 0 spiro atoms. The monoisotopic (exact) mass is 244 g/mol. The van der Waals surface area contributed by atoms with Gasteiger partial charge in [0.25, 0.3) is 0 Å². The zero-order chi connectivity index (χ0) is 13.5. The molecule has 0 radical (unpaired) electrons. The van der Waals surface area contributed by atoms with Crippen molar-refractivity contribution in [1.29, 1.82) is 0 Å². The second kappa shape index (κ2) is 7.67. The number of carbonyl (C=O) groups is 1. The Morgan fingerprint density at radius 2 is 2.00 bits per heavy atom. The highest BCUT2D eigenvalue weighted by Gasteiger charge is 2.13. The Morgan fingerprint density at radius 3 is 2.47 bits per heavy atom. The van der Waals surface area contributed by atoms with Gasteiger partial charge in [0.15, 0.2) is 0 Å². The largest absolute Gasteiger partial charge is 0.366 e. The molecule has 0 aromatic heterocycles. The van der Waals surface area contributed by atoms with Crippen LogP contribution in [0, 0.1) is 0 Å². The summed E-state index contributed by atoms with van der Waals surface area (Å²) in [5, 5.41) is 2.86. The van der Waals surface area contributed by atoms with Gasteiger partial charge in [0.05, 0.1) is 5.60 Å². The molecule has 0 aliphatic rings. The predicted molar refractivity (Wildman–Crippen MR) is 71.1 cm³/mol. The molecule has 0 aromatic rings. The van der Waals surface area contributed by atoms with Crippen LogP contribution in [-0.4, -0.2) is 49.2 Å². The lowest BCUT2D eigenvalue weighted by molar-refractivity contribution is -0.130. The number of nitrogens with one attached hydrogen (secondary N) is 1. The lowest BCUT2D eigenvalue weighted by atomic mass is 10.2. The van der Waals surface area contributed by atoms with Gasteiger partial charge in [-0.15, -0.1) is 0 Å². The molecule has 1 amide bonds. The Morgan fingerprint density at radius 1 is 1.41 bits per heavy atom. The molecule has 1 N–H and O–H groups in total. The van der Waals surface area contributed by atoms with Crippen LogP contribution >= 0.6 is 0 Å². The highest BCUT2D eigenvalue weighted by molar-refractivity contribution is 5.77. The van der Waals surface area contributed by atoms with Crippen molar-refractivity contribution < 1.29 is 9.53 Å². The summed E-state index contributed by atoms with van der Waals surface area (Å²) in [6.45, 7) is 11.9. The number of ether oxygens (including phenoxy) is 1. The SMILES string of the molecule is CCC(C)N(C)CCNC(=O)COC(C)(C)C. The molecular formula is C13H28N2O2. The number of rotatable bonds is 7. The average Bonchev–Trinajstić information content (AvgIpc) is 2.24. The summed E-state index contributed by atoms with van der Waals surface area (Å²) in [6.07, 6.45) is 1.12. The molecule has 0 aliphatic heterocycles. The van der Waals surface area contributed by atoms with E-state index in [4.69, 9.17) is 4.74 Å². The van der Waals surface area contributed by atoms with E-state index in [2.05, 4.69) is 31.1 Å². The number of nitrogens with zero attached hydrogens (tertiary/aromatic N) is 1. The van der Waals surface area contributed by atoms with Gasteiger partial charge in [0.2, 0.25) is 5.91 Å². The minimum atomic E-state index is -0.259. The predicted octanol–water partition coefficient (Wildman–Crippen LogP) is 1.65. The van der Waals surface area contributed by atoms with E-state index < -0.39 is 0 Å². The third kappa shape index (κ3) is 9.12. The van der Waals surface area contributed by atoms with E-state index in [0.29, 0.717) is 12.6 Å². The van der Waals surface area contributed by atoms with Gasteiger partial charge < -0.3 is 15.0 Å². The van der Waals surface area contributed by atoms with Gasteiger partial charge in [0, 0.05) is 19.1 Å². The van der Waals surface area contributed by atoms with E-state index in [1.807, 2.05) is 20.8 Å². The van der Waals surface area contributed by atoms with E-state index in [0.717, 1.165) is 13.0 Å². The Kier molecular flexibility index (Phi) is 7.39. The molecule has 0 saturated carbocycles. The lowest BCUT2D eigenvalue weighted by Crippen LogP contribution is -2.39. The Balaban J connectivity index is 3.65. The molecule has 0 heterocycles. The van der Waals surface area contributed by atoms with Crippen molar-refractivity contribution in [2.24, 2.45) is 0 Å². The molecule has 102 valence electrons. The fourth-order valence-electron chi connectivity index (χ4n) is 1.24. The van der Waals surface area contributed by atoms with Crippen molar-refractivity contribution in [2.75, 3.05) is 26.7 Å². The second-order valence-corrected chi connectivity index (χ2v) is 5.49. The van der Waals surface area contributed by atoms with Gasteiger partial charge in [-0.05, 0) is 41.2 Å². The molecular weight excluding hydrogens is 216 g/mol. The number of hydrogen-bond donors (Lipinski definition) is 1. The zero-order valence-electron chi connectivity index (χ0n) is 12.2. The van der Waals surface area contributed by atoms with Crippen molar-refractivity contribution in [3.8, 4) is 0 Å². The minimum Gasteiger partial charge on any atom is -0.366 e. The maximum atomic E-state index is 11.5. The summed E-state index contributed by atoms with van der Waals surface area (Å²) < 4.78 is 5.39. The molecule has 0 aliphatic carbocycles. The van der Waals surface area contributed by atoms with Crippen LogP contribution in [0.5, 0.6) is 0 Å². The first-order chi connectivity index (χ1) is 7.76. The third-order valence-electron chi connectivity index (χ3n) is 2.77. The van der Waals surface area contributed by atoms with Crippen molar-refractivity contribution in [1.82, 2.24) is 10.2 Å². The summed E-state index contributed by atoms with van der Waals surface area (Å²) >= 11 is 0. The highest BCUT2D eigenvalue weighted by atomic mass is 16.5. The maximum absolute atomic E-state index is 11.5. The standard InChI is InChI=1S/C13H28N2O2/c1-7-11(2)15(6)9-8-14-12(16)10-17-13(3,4)5/h11H,7-10H2,1-6H3,(H,14,16). The van der Waals surface area contributed by atoms with Crippen LogP contribution < -0.4 is 5.32 Å². The number of amides is 1. The van der Waals surface area contributed by atoms with Gasteiger partial charge in [0.1, 0.15) is 6.61 Å². The maximum Gasteiger partial charge on any atom is 0.246 e. The number of carbonyl (C=O) groups excluding carboxylic acids is 1. The summed E-state index contributed by atoms with van der Waals surface area (Å²) in [5.41, 5.74) is -0.259. The Bertz CT molecular complexity index is 224. The van der Waals surface area contributed by atoms with E-state index in [9.17, 15) is 4.79 Å². The van der Waals surface area contributed by atoms with E-state index in [-0.39, 0.29) is 18.1 Å². The van der Waals surface area contributed by atoms with E-state index in [1.54, 1.807) is 0 Å². The molecule has 0 rings (SSSR count). The smallest absolute Gasteiger partial charge is 0.246 e. The van der Waals surface area contributed by atoms with Crippen molar-refractivity contribution in [2.45, 2.75) is 52.7 Å². The summed E-state index contributed by atoms with van der Waals surface area (Å²) in [6, 6.07) is 0.553. The molecule has 4 heteroatoms. The molecule has 0 aromatic carbocycles. The third-order valence-corrected chi connectivity index (χ3v) is 2.77. The molecule has 0 fully saturated rings. The van der Waals surface area contributed by atoms with Gasteiger partial charge in [-0.2, -0.15) is 0 Å². The van der Waals surface area contributed by atoms with Gasteiger partial charge in [-0.1, -0.05) is 6.92 Å². The normalized spacial score (nSPS) is 13.8. The number of hydrogen-bond acceptors (Lipinski definition) is 3. The minimum absolute atomic E-state index is 0.0440. The molecule has 0 bridgehead atoms. The van der Waals surface area contributed by atoms with Crippen molar-refractivity contribution in [3.05, 3.63) is 0 Å². The van der Waals surface area contributed by atoms with Crippen LogP contribution in [0.1, 0.15) is 41.0 Å². The quantitative estimate of drug-likeness (QED) is 0.740. The second-order valence-electron chi connectivity index (χ2n) is 5.49. The van der Waals surface area contributed by atoms with Crippen LogP contribution in [0.15, 0.2) is 0 Å². The Labute approximate surface area is 106 Å². The molecule has 1 atom stereocenters. The van der Waals surface area contributed by atoms with Crippen molar-refractivity contribution in [3.63, 3.8) is 0 Å². The first-order valence-corrected chi connectivity index (χ1v) is 6.37. The summed E-state index contributed by atoms with van der Waals surface area (Å²) in [5.74, 6) is -0.0440. The molecule has 4 nitrogen and oxygen atoms in total. The molecule has 0 saturated heterocycles. The van der Waals surface area contributed by atoms with Crippen LogP contribution in [0.2, 0.25) is 0 Å². The molecule has 1 unspecified atom stereocenters. The van der Waals surface area contributed by atoms with Crippen LogP contribution in [0.3, 0.4) is 0 Å². The van der Waals surface area contributed by atoms with Crippen LogP contribution in [0.4, 0.5) is 0 Å². The molecule has 17 heavy (non-hydrogen) atoms.